The van der Waals surface area contributed by atoms with Gasteiger partial charge in [-0.15, -0.1) is 11.8 Å². The van der Waals surface area contributed by atoms with Crippen LogP contribution in [0.1, 0.15) is 24.0 Å². The standard InChI is InChI=1S/C18H21NS/c1-14(15-7-3-2-4-8-15)12-19-13-17-11-16-9-5-6-10-18(16)20-17/h2-10,14,17,19H,11-13H2,1H3. The van der Waals surface area contributed by atoms with Gasteiger partial charge in [0.1, 0.15) is 0 Å². The molecule has 2 unspecified atom stereocenters. The molecule has 0 amide bonds. The molecule has 2 heteroatoms. The Labute approximate surface area is 125 Å². The van der Waals surface area contributed by atoms with Crippen molar-refractivity contribution in [3.05, 3.63) is 65.7 Å². The molecule has 2 aromatic rings. The van der Waals surface area contributed by atoms with Gasteiger partial charge in [0.2, 0.25) is 0 Å². The van der Waals surface area contributed by atoms with Crippen molar-refractivity contribution >= 4 is 11.8 Å². The number of nitrogens with one attached hydrogen (secondary N) is 1. The second kappa shape index (κ2) is 6.47. The molecular weight excluding hydrogens is 262 g/mol. The molecule has 2 atom stereocenters. The molecule has 20 heavy (non-hydrogen) atoms. The van der Waals surface area contributed by atoms with E-state index in [9.17, 15) is 0 Å². The highest BCUT2D eigenvalue weighted by molar-refractivity contribution is 8.00. The van der Waals surface area contributed by atoms with Crippen LogP contribution in [0.4, 0.5) is 0 Å². The molecule has 0 radical (unpaired) electrons. The van der Waals surface area contributed by atoms with E-state index in [0.29, 0.717) is 11.2 Å². The van der Waals surface area contributed by atoms with Gasteiger partial charge in [0.25, 0.3) is 0 Å². The van der Waals surface area contributed by atoms with E-state index in [1.54, 1.807) is 0 Å². The minimum Gasteiger partial charge on any atom is -0.315 e. The van der Waals surface area contributed by atoms with Crippen molar-refractivity contribution in [2.24, 2.45) is 0 Å². The third-order valence-electron chi connectivity index (χ3n) is 3.90. The third-order valence-corrected chi connectivity index (χ3v) is 5.22. The lowest BCUT2D eigenvalue weighted by Gasteiger charge is -2.15. The number of fused-ring (bicyclic) bond motifs is 1. The van der Waals surface area contributed by atoms with E-state index in [1.165, 1.54) is 22.4 Å². The van der Waals surface area contributed by atoms with Gasteiger partial charge in [0, 0.05) is 23.2 Å². The summed E-state index contributed by atoms with van der Waals surface area (Å²) in [5, 5.41) is 4.33. The molecule has 0 aliphatic carbocycles. The van der Waals surface area contributed by atoms with E-state index >= 15 is 0 Å². The average molecular weight is 283 g/mol. The van der Waals surface area contributed by atoms with E-state index in [1.807, 2.05) is 11.8 Å². The monoisotopic (exact) mass is 283 g/mol. The minimum absolute atomic E-state index is 0.574. The van der Waals surface area contributed by atoms with Crippen LogP contribution in [-0.4, -0.2) is 18.3 Å². The largest absolute Gasteiger partial charge is 0.315 e. The summed E-state index contributed by atoms with van der Waals surface area (Å²) in [6.45, 7) is 4.44. The molecule has 0 saturated carbocycles. The molecule has 1 aliphatic rings. The molecule has 1 nitrogen and oxygen atoms in total. The Morgan fingerprint density at radius 2 is 1.85 bits per heavy atom. The number of hydrogen-bond donors (Lipinski definition) is 1. The van der Waals surface area contributed by atoms with Gasteiger partial charge in [-0.2, -0.15) is 0 Å². The first-order valence-electron chi connectivity index (χ1n) is 7.33. The van der Waals surface area contributed by atoms with Crippen LogP contribution in [0.3, 0.4) is 0 Å². The van der Waals surface area contributed by atoms with Crippen LogP contribution in [0.15, 0.2) is 59.5 Å². The first kappa shape index (κ1) is 13.7. The second-order valence-electron chi connectivity index (χ2n) is 5.52. The summed E-state index contributed by atoms with van der Waals surface area (Å²) in [6.07, 6.45) is 1.20. The van der Waals surface area contributed by atoms with Crippen LogP contribution >= 0.6 is 11.8 Å². The second-order valence-corrected chi connectivity index (χ2v) is 6.86. The summed E-state index contributed by atoms with van der Waals surface area (Å²) in [5.74, 6) is 0.574. The lowest BCUT2D eigenvalue weighted by Crippen LogP contribution is -2.27. The van der Waals surface area contributed by atoms with Gasteiger partial charge in [-0.3, -0.25) is 0 Å². The third kappa shape index (κ3) is 3.25. The molecule has 1 N–H and O–H groups in total. The highest BCUT2D eigenvalue weighted by Crippen LogP contribution is 2.36. The minimum atomic E-state index is 0.574. The van der Waals surface area contributed by atoms with Crippen molar-refractivity contribution in [2.45, 2.75) is 29.4 Å². The fourth-order valence-corrected chi connectivity index (χ4v) is 4.01. The summed E-state index contributed by atoms with van der Waals surface area (Å²) in [6, 6.07) is 19.5. The van der Waals surface area contributed by atoms with Crippen LogP contribution < -0.4 is 5.32 Å². The van der Waals surface area contributed by atoms with Crippen LogP contribution in [0.25, 0.3) is 0 Å². The van der Waals surface area contributed by atoms with Crippen molar-refractivity contribution in [3.63, 3.8) is 0 Å². The molecule has 0 fully saturated rings. The highest BCUT2D eigenvalue weighted by Gasteiger charge is 2.21. The summed E-state index contributed by atoms with van der Waals surface area (Å²) < 4.78 is 0. The molecule has 0 spiro atoms. The summed E-state index contributed by atoms with van der Waals surface area (Å²) in [5.41, 5.74) is 2.93. The summed E-state index contributed by atoms with van der Waals surface area (Å²) >= 11 is 2.02. The van der Waals surface area contributed by atoms with E-state index in [4.69, 9.17) is 0 Å². The molecule has 0 saturated heterocycles. The van der Waals surface area contributed by atoms with E-state index < -0.39 is 0 Å². The first-order valence-corrected chi connectivity index (χ1v) is 8.21. The fraction of sp³-hybridized carbons (Fsp3) is 0.333. The van der Waals surface area contributed by atoms with E-state index in [2.05, 4.69) is 66.8 Å². The summed E-state index contributed by atoms with van der Waals surface area (Å²) in [7, 11) is 0. The zero-order valence-electron chi connectivity index (χ0n) is 11.9. The van der Waals surface area contributed by atoms with Crippen molar-refractivity contribution in [2.75, 3.05) is 13.1 Å². The molecule has 2 aromatic carbocycles. The predicted octanol–water partition coefficient (Wildman–Crippen LogP) is 4.10. The highest BCUT2D eigenvalue weighted by atomic mass is 32.2. The predicted molar refractivity (Wildman–Crippen MR) is 87.5 cm³/mol. The van der Waals surface area contributed by atoms with Gasteiger partial charge in [-0.1, -0.05) is 55.5 Å². The Kier molecular flexibility index (Phi) is 4.44. The number of rotatable bonds is 5. The zero-order chi connectivity index (χ0) is 13.8. The van der Waals surface area contributed by atoms with Gasteiger partial charge >= 0.3 is 0 Å². The average Bonchev–Trinajstić information content (AvgIpc) is 2.90. The Bertz CT molecular complexity index is 527. The molecule has 3 rings (SSSR count). The zero-order valence-corrected chi connectivity index (χ0v) is 12.7. The van der Waals surface area contributed by atoms with Crippen LogP contribution in [-0.2, 0) is 6.42 Å². The Morgan fingerprint density at radius 1 is 1.10 bits per heavy atom. The van der Waals surface area contributed by atoms with Gasteiger partial charge in [-0.05, 0) is 29.5 Å². The molecule has 0 aromatic heterocycles. The fourth-order valence-electron chi connectivity index (χ4n) is 2.73. The Hall–Kier alpha value is -1.25. The molecular formula is C18H21NS. The van der Waals surface area contributed by atoms with Crippen molar-refractivity contribution in [3.8, 4) is 0 Å². The van der Waals surface area contributed by atoms with Gasteiger partial charge in [0.05, 0.1) is 0 Å². The quantitative estimate of drug-likeness (QED) is 0.886. The number of hydrogen-bond acceptors (Lipinski definition) is 2. The number of thioether (sulfide) groups is 1. The van der Waals surface area contributed by atoms with Gasteiger partial charge < -0.3 is 5.32 Å². The Morgan fingerprint density at radius 3 is 2.65 bits per heavy atom. The van der Waals surface area contributed by atoms with Crippen molar-refractivity contribution < 1.29 is 0 Å². The SMILES string of the molecule is CC(CNCC1Cc2ccccc2S1)c1ccccc1. The molecule has 0 bridgehead atoms. The van der Waals surface area contributed by atoms with Crippen LogP contribution in [0, 0.1) is 0 Å². The smallest absolute Gasteiger partial charge is 0.0260 e. The number of benzene rings is 2. The molecule has 1 aliphatic heterocycles. The van der Waals surface area contributed by atoms with Gasteiger partial charge in [0.15, 0.2) is 0 Å². The normalized spacial score (nSPS) is 18.8. The first-order chi connectivity index (χ1) is 9.83. The maximum atomic E-state index is 3.64. The van der Waals surface area contributed by atoms with E-state index in [-0.39, 0.29) is 0 Å². The Balaban J connectivity index is 1.46. The van der Waals surface area contributed by atoms with Crippen LogP contribution in [0.2, 0.25) is 0 Å². The maximum Gasteiger partial charge on any atom is 0.0260 e. The molecule has 104 valence electrons. The van der Waals surface area contributed by atoms with Crippen LogP contribution in [0.5, 0.6) is 0 Å². The van der Waals surface area contributed by atoms with E-state index in [0.717, 1.165) is 13.1 Å². The topological polar surface area (TPSA) is 12.0 Å². The molecule has 1 heterocycles. The maximum absolute atomic E-state index is 3.64. The van der Waals surface area contributed by atoms with Crippen molar-refractivity contribution in [1.82, 2.24) is 5.32 Å². The summed E-state index contributed by atoms with van der Waals surface area (Å²) in [4.78, 5) is 1.47. The lowest BCUT2D eigenvalue weighted by atomic mass is 10.0. The van der Waals surface area contributed by atoms with Gasteiger partial charge in [-0.25, -0.2) is 0 Å². The lowest BCUT2D eigenvalue weighted by molar-refractivity contribution is 0.605. The van der Waals surface area contributed by atoms with Crippen molar-refractivity contribution in [1.29, 1.82) is 0 Å².